The molecule has 3 rings (SSSR count). The van der Waals surface area contributed by atoms with E-state index in [0.29, 0.717) is 0 Å². The number of aromatic amines is 1. The van der Waals surface area contributed by atoms with Gasteiger partial charge in [0.05, 0.1) is 6.26 Å². The Morgan fingerprint density at radius 3 is 2.88 bits per heavy atom. The summed E-state index contributed by atoms with van der Waals surface area (Å²) < 4.78 is 5.51. The predicted molar refractivity (Wildman–Crippen MR) is 69.0 cm³/mol. The number of aromatic nitrogens is 1. The molecular weight excluding hydrogens is 212 g/mol. The lowest BCUT2D eigenvalue weighted by molar-refractivity contribution is 0.611. The van der Waals surface area contributed by atoms with Crippen molar-refractivity contribution in [1.29, 1.82) is 0 Å². The minimum Gasteiger partial charge on any atom is -0.464 e. The van der Waals surface area contributed by atoms with Gasteiger partial charge in [0, 0.05) is 34.4 Å². The third kappa shape index (κ3) is 1.80. The fourth-order valence-electron chi connectivity index (χ4n) is 2.11. The number of fused-ring (bicyclic) bond motifs is 1. The summed E-state index contributed by atoms with van der Waals surface area (Å²) in [5.74, 6) is 0. The smallest absolute Gasteiger partial charge is 0.134 e. The lowest BCUT2D eigenvalue weighted by atomic mass is 10.1. The Morgan fingerprint density at radius 1 is 1.24 bits per heavy atom. The number of furan rings is 1. The molecule has 0 spiro atoms. The molecule has 3 heteroatoms. The van der Waals surface area contributed by atoms with Crippen LogP contribution in [-0.4, -0.2) is 4.98 Å². The number of hydrogen-bond acceptors (Lipinski definition) is 2. The average Bonchev–Trinajstić information content (AvgIpc) is 2.87. The number of nitrogens with one attached hydrogen (secondary N) is 1. The lowest BCUT2D eigenvalue weighted by Gasteiger charge is -1.97. The van der Waals surface area contributed by atoms with Gasteiger partial charge >= 0.3 is 0 Å². The van der Waals surface area contributed by atoms with Gasteiger partial charge < -0.3 is 15.1 Å². The van der Waals surface area contributed by atoms with Crippen molar-refractivity contribution >= 4 is 16.7 Å². The molecule has 0 saturated carbocycles. The van der Waals surface area contributed by atoms with Crippen molar-refractivity contribution in [3.05, 3.63) is 53.5 Å². The number of rotatable bonds is 2. The summed E-state index contributed by atoms with van der Waals surface area (Å²) >= 11 is 0. The van der Waals surface area contributed by atoms with E-state index in [1.807, 2.05) is 18.2 Å². The standard InChI is InChI=1S/C14H14N2O/c1-9-2-4-12(16-9)6-10-8-17-14-5-3-11(15)7-13(10)14/h2-5,7-8,16H,6,15H2,1H3. The van der Waals surface area contributed by atoms with Crippen LogP contribution in [0, 0.1) is 6.92 Å². The van der Waals surface area contributed by atoms with Crippen LogP contribution in [0.2, 0.25) is 0 Å². The molecule has 0 aliphatic carbocycles. The maximum absolute atomic E-state index is 5.80. The zero-order valence-corrected chi connectivity index (χ0v) is 9.66. The molecule has 0 aliphatic heterocycles. The zero-order valence-electron chi connectivity index (χ0n) is 9.66. The number of nitrogen functional groups attached to an aromatic ring is 1. The van der Waals surface area contributed by atoms with Crippen LogP contribution in [0.1, 0.15) is 17.0 Å². The summed E-state index contributed by atoms with van der Waals surface area (Å²) in [5, 5.41) is 1.09. The molecule has 2 aromatic heterocycles. The van der Waals surface area contributed by atoms with Crippen molar-refractivity contribution in [2.75, 3.05) is 5.73 Å². The number of benzene rings is 1. The second-order valence-electron chi connectivity index (χ2n) is 4.36. The topological polar surface area (TPSA) is 54.9 Å². The second-order valence-corrected chi connectivity index (χ2v) is 4.36. The van der Waals surface area contributed by atoms with Gasteiger partial charge in [-0.25, -0.2) is 0 Å². The number of hydrogen-bond donors (Lipinski definition) is 2. The van der Waals surface area contributed by atoms with Crippen LogP contribution in [-0.2, 0) is 6.42 Å². The molecule has 0 bridgehead atoms. The zero-order chi connectivity index (χ0) is 11.8. The first-order chi connectivity index (χ1) is 8.22. The van der Waals surface area contributed by atoms with Gasteiger partial charge in [0.15, 0.2) is 0 Å². The van der Waals surface area contributed by atoms with Crippen molar-refractivity contribution in [2.45, 2.75) is 13.3 Å². The summed E-state index contributed by atoms with van der Waals surface area (Å²) in [6, 6.07) is 9.90. The van der Waals surface area contributed by atoms with E-state index >= 15 is 0 Å². The van der Waals surface area contributed by atoms with E-state index in [0.717, 1.165) is 28.6 Å². The first kappa shape index (κ1) is 10.0. The van der Waals surface area contributed by atoms with Gasteiger partial charge in [-0.3, -0.25) is 0 Å². The van der Waals surface area contributed by atoms with E-state index in [4.69, 9.17) is 10.2 Å². The fourth-order valence-corrected chi connectivity index (χ4v) is 2.11. The molecular formula is C14H14N2O. The van der Waals surface area contributed by atoms with Crippen LogP contribution in [0.5, 0.6) is 0 Å². The molecule has 0 saturated heterocycles. The quantitative estimate of drug-likeness (QED) is 0.659. The van der Waals surface area contributed by atoms with Crippen molar-refractivity contribution in [1.82, 2.24) is 4.98 Å². The Kier molecular flexibility index (Phi) is 2.18. The summed E-state index contributed by atoms with van der Waals surface area (Å²) in [6.45, 7) is 2.05. The van der Waals surface area contributed by atoms with Gasteiger partial charge in [-0.15, -0.1) is 0 Å². The van der Waals surface area contributed by atoms with Gasteiger partial charge in [-0.05, 0) is 37.3 Å². The van der Waals surface area contributed by atoms with E-state index in [1.165, 1.54) is 11.4 Å². The Morgan fingerprint density at radius 2 is 2.12 bits per heavy atom. The van der Waals surface area contributed by atoms with E-state index < -0.39 is 0 Å². The van der Waals surface area contributed by atoms with Gasteiger partial charge in [-0.2, -0.15) is 0 Å². The number of aryl methyl sites for hydroxylation is 1. The number of nitrogens with two attached hydrogens (primary N) is 1. The Balaban J connectivity index is 2.03. The van der Waals surface area contributed by atoms with E-state index in [9.17, 15) is 0 Å². The summed E-state index contributed by atoms with van der Waals surface area (Å²) in [4.78, 5) is 3.32. The second kappa shape index (κ2) is 3.70. The normalized spacial score (nSPS) is 11.1. The van der Waals surface area contributed by atoms with Gasteiger partial charge in [0.2, 0.25) is 0 Å². The molecule has 3 nitrogen and oxygen atoms in total. The largest absolute Gasteiger partial charge is 0.464 e. The molecule has 0 radical (unpaired) electrons. The van der Waals surface area contributed by atoms with Gasteiger partial charge in [-0.1, -0.05) is 0 Å². The van der Waals surface area contributed by atoms with Crippen molar-refractivity contribution in [3.63, 3.8) is 0 Å². The van der Waals surface area contributed by atoms with Crippen LogP contribution in [0.3, 0.4) is 0 Å². The lowest BCUT2D eigenvalue weighted by Crippen LogP contribution is -1.88. The monoisotopic (exact) mass is 226 g/mol. The van der Waals surface area contributed by atoms with Crippen LogP contribution in [0.4, 0.5) is 5.69 Å². The van der Waals surface area contributed by atoms with Gasteiger partial charge in [0.25, 0.3) is 0 Å². The Bertz CT molecular complexity index is 664. The van der Waals surface area contributed by atoms with E-state index in [1.54, 1.807) is 6.26 Å². The number of anilines is 1. The highest BCUT2D eigenvalue weighted by Gasteiger charge is 2.07. The summed E-state index contributed by atoms with van der Waals surface area (Å²) in [5.41, 5.74) is 11.0. The maximum atomic E-state index is 5.80. The van der Waals surface area contributed by atoms with Crippen LogP contribution in [0.25, 0.3) is 11.0 Å². The molecule has 86 valence electrons. The highest BCUT2D eigenvalue weighted by Crippen LogP contribution is 2.25. The first-order valence-electron chi connectivity index (χ1n) is 5.62. The van der Waals surface area contributed by atoms with Crippen molar-refractivity contribution in [3.8, 4) is 0 Å². The van der Waals surface area contributed by atoms with Gasteiger partial charge in [0.1, 0.15) is 5.58 Å². The molecule has 2 heterocycles. The molecule has 0 unspecified atom stereocenters. The van der Waals surface area contributed by atoms with Crippen molar-refractivity contribution < 1.29 is 4.42 Å². The summed E-state index contributed by atoms with van der Waals surface area (Å²) in [7, 11) is 0. The van der Waals surface area contributed by atoms with E-state index in [2.05, 4.69) is 24.0 Å². The molecule has 1 aromatic carbocycles. The van der Waals surface area contributed by atoms with Crippen LogP contribution < -0.4 is 5.73 Å². The maximum Gasteiger partial charge on any atom is 0.134 e. The van der Waals surface area contributed by atoms with Crippen molar-refractivity contribution in [2.24, 2.45) is 0 Å². The van der Waals surface area contributed by atoms with Crippen LogP contribution in [0.15, 0.2) is 41.0 Å². The van der Waals surface area contributed by atoms with Crippen LogP contribution >= 0.6 is 0 Å². The average molecular weight is 226 g/mol. The highest BCUT2D eigenvalue weighted by molar-refractivity contribution is 5.84. The Hall–Kier alpha value is -2.16. The molecule has 17 heavy (non-hydrogen) atoms. The molecule has 3 aromatic rings. The predicted octanol–water partition coefficient (Wildman–Crippen LogP) is 3.24. The minimum atomic E-state index is 0.766. The fraction of sp³-hybridized carbons (Fsp3) is 0.143. The molecule has 0 fully saturated rings. The number of H-pyrrole nitrogens is 1. The molecule has 0 aliphatic rings. The van der Waals surface area contributed by atoms with E-state index in [-0.39, 0.29) is 0 Å². The minimum absolute atomic E-state index is 0.766. The first-order valence-corrected chi connectivity index (χ1v) is 5.62. The molecule has 0 atom stereocenters. The Labute approximate surface area is 99.2 Å². The summed E-state index contributed by atoms with van der Waals surface area (Å²) in [6.07, 6.45) is 2.64. The SMILES string of the molecule is Cc1ccc(Cc2coc3ccc(N)cc23)[nH]1. The molecule has 3 N–H and O–H groups in total. The highest BCUT2D eigenvalue weighted by atomic mass is 16.3. The molecule has 0 amide bonds. The third-order valence-corrected chi connectivity index (χ3v) is 2.95. The third-order valence-electron chi connectivity index (χ3n) is 2.95.